The molecule has 1 rings (SSSR count). The van der Waals surface area contributed by atoms with Gasteiger partial charge in [-0.1, -0.05) is 34.1 Å². The van der Waals surface area contributed by atoms with Crippen LogP contribution in [0.5, 0.6) is 0 Å². The lowest BCUT2D eigenvalue weighted by molar-refractivity contribution is 0.566. The minimum atomic E-state index is 0.145. The first kappa shape index (κ1) is 14.9. The summed E-state index contributed by atoms with van der Waals surface area (Å²) >= 11 is 7.87. The van der Waals surface area contributed by atoms with Crippen molar-refractivity contribution >= 4 is 22.9 Å². The van der Waals surface area contributed by atoms with Crippen LogP contribution in [0, 0.1) is 0 Å². The van der Waals surface area contributed by atoms with Gasteiger partial charge in [-0.25, -0.2) is 4.98 Å². The van der Waals surface area contributed by atoms with Gasteiger partial charge in [-0.3, -0.25) is 0 Å². The fourth-order valence-corrected chi connectivity index (χ4v) is 2.81. The number of halogens is 1. The van der Waals surface area contributed by atoms with Crippen LogP contribution in [0.1, 0.15) is 51.2 Å². The quantitative estimate of drug-likeness (QED) is 0.795. The lowest BCUT2D eigenvalue weighted by Crippen LogP contribution is -2.22. The maximum absolute atomic E-state index is 6.15. The summed E-state index contributed by atoms with van der Waals surface area (Å²) in [5.41, 5.74) is 1.32. The van der Waals surface area contributed by atoms with Crippen molar-refractivity contribution in [2.75, 3.05) is 6.54 Å². The Balaban J connectivity index is 2.35. The largest absolute Gasteiger partial charge is 0.309 e. The summed E-state index contributed by atoms with van der Waals surface area (Å²) in [6.07, 6.45) is 2.21. The normalized spacial score (nSPS) is 13.9. The van der Waals surface area contributed by atoms with Crippen molar-refractivity contribution in [3.63, 3.8) is 0 Å². The van der Waals surface area contributed by atoms with Crippen molar-refractivity contribution < 1.29 is 0 Å². The monoisotopic (exact) mass is 274 g/mol. The van der Waals surface area contributed by atoms with E-state index in [-0.39, 0.29) is 10.8 Å². The average Bonchev–Trinajstić information content (AvgIpc) is 2.66. The molecule has 0 aromatic carbocycles. The van der Waals surface area contributed by atoms with Gasteiger partial charge in [0.05, 0.1) is 5.69 Å². The number of nitrogens with zero attached hydrogens (tertiary/aromatic N) is 1. The van der Waals surface area contributed by atoms with Gasteiger partial charge in [-0.2, -0.15) is 0 Å². The summed E-state index contributed by atoms with van der Waals surface area (Å²) in [6.45, 7) is 10.4. The summed E-state index contributed by atoms with van der Waals surface area (Å²) in [5, 5.41) is 6.91. The molecule has 17 heavy (non-hydrogen) atoms. The molecular formula is C13H23ClN2S. The van der Waals surface area contributed by atoms with E-state index >= 15 is 0 Å². The first-order valence-corrected chi connectivity index (χ1v) is 7.54. The molecule has 2 nitrogen and oxygen atoms in total. The Hall–Kier alpha value is -0.120. The fourth-order valence-electron chi connectivity index (χ4n) is 1.49. The van der Waals surface area contributed by atoms with E-state index < -0.39 is 0 Å². The summed E-state index contributed by atoms with van der Waals surface area (Å²) in [7, 11) is 0. The lowest BCUT2D eigenvalue weighted by atomic mass is 9.93. The molecule has 0 saturated carbocycles. The van der Waals surface area contributed by atoms with E-state index in [9.17, 15) is 0 Å². The minimum absolute atomic E-state index is 0.145. The first-order valence-electron chi connectivity index (χ1n) is 6.23. The number of aromatic nitrogens is 1. The minimum Gasteiger partial charge on any atom is -0.309 e. The van der Waals surface area contributed by atoms with E-state index in [0.29, 0.717) is 0 Å². The molecule has 0 amide bonds. The number of nitrogens with one attached hydrogen (secondary N) is 1. The molecule has 0 aliphatic carbocycles. The highest BCUT2D eigenvalue weighted by atomic mass is 35.5. The molecule has 0 aliphatic rings. The van der Waals surface area contributed by atoms with Gasteiger partial charge in [0.25, 0.3) is 0 Å². The molecule has 4 heteroatoms. The Morgan fingerprint density at radius 1 is 1.47 bits per heavy atom. The topological polar surface area (TPSA) is 24.9 Å². The smallest absolute Gasteiger partial charge is 0.107 e. The van der Waals surface area contributed by atoms with E-state index in [4.69, 9.17) is 11.6 Å². The Labute approximate surface area is 114 Å². The molecule has 0 radical (unpaired) electrons. The van der Waals surface area contributed by atoms with Crippen LogP contribution in [-0.4, -0.2) is 16.9 Å². The van der Waals surface area contributed by atoms with Crippen LogP contribution in [0.3, 0.4) is 0 Å². The van der Waals surface area contributed by atoms with Crippen molar-refractivity contribution in [3.8, 4) is 0 Å². The molecule has 98 valence electrons. The van der Waals surface area contributed by atoms with Gasteiger partial charge in [0, 0.05) is 29.3 Å². The highest BCUT2D eigenvalue weighted by Gasteiger charge is 2.17. The van der Waals surface area contributed by atoms with Gasteiger partial charge in [-0.15, -0.1) is 22.9 Å². The number of hydrogen-bond acceptors (Lipinski definition) is 3. The Bertz CT molecular complexity index is 330. The van der Waals surface area contributed by atoms with E-state index in [2.05, 4.69) is 43.4 Å². The molecule has 1 unspecified atom stereocenters. The Kier molecular flexibility index (Phi) is 5.90. The molecule has 1 aromatic rings. The molecule has 1 N–H and O–H groups in total. The third-order valence-electron chi connectivity index (χ3n) is 2.56. The summed E-state index contributed by atoms with van der Waals surface area (Å²) in [6, 6.07) is 0. The maximum atomic E-state index is 6.15. The van der Waals surface area contributed by atoms with E-state index in [1.54, 1.807) is 11.3 Å². The van der Waals surface area contributed by atoms with Crippen LogP contribution in [0.15, 0.2) is 5.38 Å². The number of alkyl halides is 1. The Morgan fingerprint density at radius 3 is 2.71 bits per heavy atom. The molecule has 1 atom stereocenters. The molecule has 0 fully saturated rings. The van der Waals surface area contributed by atoms with E-state index in [1.807, 2.05) is 0 Å². The van der Waals surface area contributed by atoms with Gasteiger partial charge in [-0.05, 0) is 6.42 Å². The fraction of sp³-hybridized carbons (Fsp3) is 0.769. The van der Waals surface area contributed by atoms with Crippen molar-refractivity contribution in [2.45, 2.75) is 57.9 Å². The zero-order valence-corrected chi connectivity index (χ0v) is 12.8. The lowest BCUT2D eigenvalue weighted by Gasteiger charge is -2.14. The van der Waals surface area contributed by atoms with Gasteiger partial charge in [0.1, 0.15) is 5.01 Å². The van der Waals surface area contributed by atoms with E-state index in [1.165, 1.54) is 5.69 Å². The van der Waals surface area contributed by atoms with Crippen LogP contribution in [0.2, 0.25) is 0 Å². The van der Waals surface area contributed by atoms with Crippen LogP contribution in [-0.2, 0) is 12.0 Å². The second kappa shape index (κ2) is 6.72. The SMILES string of the molecule is CCCC(Cl)CNCc1nc(C(C)(C)C)cs1. The summed E-state index contributed by atoms with van der Waals surface area (Å²) in [5.74, 6) is 0. The zero-order chi connectivity index (χ0) is 12.9. The highest BCUT2D eigenvalue weighted by molar-refractivity contribution is 7.09. The average molecular weight is 275 g/mol. The van der Waals surface area contributed by atoms with Crippen molar-refractivity contribution in [1.82, 2.24) is 10.3 Å². The summed E-state index contributed by atoms with van der Waals surface area (Å²) in [4.78, 5) is 4.64. The van der Waals surface area contributed by atoms with E-state index in [0.717, 1.165) is 30.9 Å². The molecule has 1 aromatic heterocycles. The van der Waals surface area contributed by atoms with Gasteiger partial charge in [0.15, 0.2) is 0 Å². The second-order valence-electron chi connectivity index (χ2n) is 5.39. The van der Waals surface area contributed by atoms with Gasteiger partial charge >= 0.3 is 0 Å². The van der Waals surface area contributed by atoms with Crippen LogP contribution >= 0.6 is 22.9 Å². The van der Waals surface area contributed by atoms with Crippen molar-refractivity contribution in [2.24, 2.45) is 0 Å². The van der Waals surface area contributed by atoms with Crippen LogP contribution in [0.4, 0.5) is 0 Å². The molecule has 0 spiro atoms. The third-order valence-corrected chi connectivity index (χ3v) is 3.79. The van der Waals surface area contributed by atoms with Crippen molar-refractivity contribution in [3.05, 3.63) is 16.1 Å². The second-order valence-corrected chi connectivity index (χ2v) is 6.95. The molecule has 0 saturated heterocycles. The Morgan fingerprint density at radius 2 is 2.18 bits per heavy atom. The number of thiazole rings is 1. The molecule has 0 bridgehead atoms. The van der Waals surface area contributed by atoms with Gasteiger partial charge < -0.3 is 5.32 Å². The predicted molar refractivity (Wildman–Crippen MR) is 77.1 cm³/mol. The zero-order valence-electron chi connectivity index (χ0n) is 11.2. The highest BCUT2D eigenvalue weighted by Crippen LogP contribution is 2.23. The summed E-state index contributed by atoms with van der Waals surface area (Å²) < 4.78 is 0. The molecule has 0 aliphatic heterocycles. The third kappa shape index (κ3) is 5.36. The number of hydrogen-bond donors (Lipinski definition) is 1. The van der Waals surface area contributed by atoms with Gasteiger partial charge in [0.2, 0.25) is 0 Å². The number of rotatable bonds is 6. The first-order chi connectivity index (χ1) is 7.93. The predicted octanol–water partition coefficient (Wildman–Crippen LogP) is 3.94. The van der Waals surface area contributed by atoms with Crippen LogP contribution < -0.4 is 5.32 Å². The standard InChI is InChI=1S/C13H23ClN2S/c1-5-6-10(14)7-15-8-12-16-11(9-17-12)13(2,3)4/h9-10,15H,5-8H2,1-4H3. The maximum Gasteiger partial charge on any atom is 0.107 e. The van der Waals surface area contributed by atoms with Crippen LogP contribution in [0.25, 0.3) is 0 Å². The van der Waals surface area contributed by atoms with Crippen molar-refractivity contribution in [1.29, 1.82) is 0 Å². The molecule has 1 heterocycles. The molecular weight excluding hydrogens is 252 g/mol.